The predicted molar refractivity (Wildman–Crippen MR) is 81.2 cm³/mol. The van der Waals surface area contributed by atoms with Gasteiger partial charge in [0.1, 0.15) is 0 Å². The van der Waals surface area contributed by atoms with Gasteiger partial charge in [0.2, 0.25) is 5.91 Å². The minimum atomic E-state index is 0.0734. The molecular weight excluding hydrogens is 248 g/mol. The largest absolute Gasteiger partial charge is 0.323 e. The first-order valence-electron chi connectivity index (χ1n) is 8.60. The fourth-order valence-electron chi connectivity index (χ4n) is 4.65. The number of carbonyl (C=O) groups excluding carboxylic acids is 1. The molecule has 1 aliphatic heterocycles. The fraction of sp³-hybridized carbons (Fsp3) is 0.941. The molecule has 1 amide bonds. The molecule has 20 heavy (non-hydrogen) atoms. The van der Waals surface area contributed by atoms with E-state index in [0.29, 0.717) is 29.4 Å². The van der Waals surface area contributed by atoms with Gasteiger partial charge in [-0.15, -0.1) is 0 Å². The highest BCUT2D eigenvalue weighted by atomic mass is 16.2. The van der Waals surface area contributed by atoms with Crippen LogP contribution < -0.4 is 5.32 Å². The molecule has 0 aromatic rings. The molecule has 2 saturated carbocycles. The molecule has 114 valence electrons. The number of hydrogen-bond acceptors (Lipinski definition) is 2. The predicted octanol–water partition coefficient (Wildman–Crippen LogP) is 3.29. The first-order valence-corrected chi connectivity index (χ1v) is 8.60. The number of amides is 1. The van der Waals surface area contributed by atoms with Gasteiger partial charge in [-0.1, -0.05) is 33.6 Å². The lowest BCUT2D eigenvalue weighted by atomic mass is 9.91. The zero-order valence-corrected chi connectivity index (χ0v) is 13.3. The third-order valence-corrected chi connectivity index (χ3v) is 5.81. The van der Waals surface area contributed by atoms with E-state index in [2.05, 4.69) is 31.0 Å². The van der Waals surface area contributed by atoms with E-state index in [1.165, 1.54) is 44.9 Å². The molecule has 3 unspecified atom stereocenters. The van der Waals surface area contributed by atoms with Gasteiger partial charge >= 0.3 is 0 Å². The average Bonchev–Trinajstić information content (AvgIpc) is 3.08. The molecule has 3 fully saturated rings. The van der Waals surface area contributed by atoms with E-state index in [0.717, 1.165) is 6.42 Å². The summed E-state index contributed by atoms with van der Waals surface area (Å²) in [5.74, 6) is 1.08. The molecule has 3 atom stereocenters. The average molecular weight is 278 g/mol. The zero-order valence-electron chi connectivity index (χ0n) is 13.3. The Kier molecular flexibility index (Phi) is 3.83. The maximum absolute atomic E-state index is 12.8. The number of carbonyl (C=O) groups is 1. The zero-order chi connectivity index (χ0) is 14.3. The van der Waals surface area contributed by atoms with E-state index in [1.54, 1.807) is 0 Å². The minimum absolute atomic E-state index is 0.0734. The van der Waals surface area contributed by atoms with Crippen molar-refractivity contribution in [1.29, 1.82) is 0 Å². The fourth-order valence-corrected chi connectivity index (χ4v) is 4.65. The van der Waals surface area contributed by atoms with Crippen LogP contribution in [0.1, 0.15) is 72.1 Å². The van der Waals surface area contributed by atoms with Crippen LogP contribution in [0.2, 0.25) is 0 Å². The standard InChI is InChI=1S/C17H30N2O/c1-4-14-16(20)19(13-9-10-17(2,3)11-13)15(18-14)12-7-5-6-8-12/h12-15,18H,4-11H2,1-3H3. The van der Waals surface area contributed by atoms with Crippen molar-refractivity contribution >= 4 is 5.91 Å². The summed E-state index contributed by atoms with van der Waals surface area (Å²) in [5, 5.41) is 3.66. The maximum Gasteiger partial charge on any atom is 0.241 e. The van der Waals surface area contributed by atoms with Crippen LogP contribution in [0.5, 0.6) is 0 Å². The van der Waals surface area contributed by atoms with E-state index in [9.17, 15) is 4.79 Å². The van der Waals surface area contributed by atoms with Crippen molar-refractivity contribution in [3.05, 3.63) is 0 Å². The van der Waals surface area contributed by atoms with Gasteiger partial charge in [0.25, 0.3) is 0 Å². The van der Waals surface area contributed by atoms with Crippen molar-refractivity contribution in [2.24, 2.45) is 11.3 Å². The second kappa shape index (κ2) is 5.32. The first-order chi connectivity index (χ1) is 9.52. The molecule has 1 saturated heterocycles. The highest BCUT2D eigenvalue weighted by Gasteiger charge is 2.48. The quantitative estimate of drug-likeness (QED) is 0.859. The molecule has 0 bridgehead atoms. The summed E-state index contributed by atoms with van der Waals surface area (Å²) < 4.78 is 0. The van der Waals surface area contributed by atoms with Crippen LogP contribution in [0.3, 0.4) is 0 Å². The Bertz CT molecular complexity index is 373. The molecule has 3 nitrogen and oxygen atoms in total. The maximum atomic E-state index is 12.8. The number of nitrogens with one attached hydrogen (secondary N) is 1. The third-order valence-electron chi connectivity index (χ3n) is 5.81. The van der Waals surface area contributed by atoms with Crippen LogP contribution in [0.15, 0.2) is 0 Å². The van der Waals surface area contributed by atoms with Gasteiger partial charge < -0.3 is 4.90 Å². The topological polar surface area (TPSA) is 32.3 Å². The van der Waals surface area contributed by atoms with Crippen LogP contribution in [0, 0.1) is 11.3 Å². The van der Waals surface area contributed by atoms with Crippen molar-refractivity contribution in [2.45, 2.75) is 90.4 Å². The molecule has 1 heterocycles. The number of rotatable bonds is 3. The molecule has 0 aromatic carbocycles. The number of nitrogens with zero attached hydrogens (tertiary/aromatic N) is 1. The Hall–Kier alpha value is -0.570. The molecule has 2 aliphatic carbocycles. The van der Waals surface area contributed by atoms with Crippen molar-refractivity contribution in [3.8, 4) is 0 Å². The van der Waals surface area contributed by atoms with Gasteiger partial charge in [-0.3, -0.25) is 10.1 Å². The first kappa shape index (κ1) is 14.4. The summed E-state index contributed by atoms with van der Waals surface area (Å²) in [6.45, 7) is 6.83. The van der Waals surface area contributed by atoms with Crippen LogP contribution in [0.4, 0.5) is 0 Å². The van der Waals surface area contributed by atoms with Gasteiger partial charge in [0.05, 0.1) is 12.2 Å². The third kappa shape index (κ3) is 2.49. The van der Waals surface area contributed by atoms with E-state index >= 15 is 0 Å². The molecule has 1 N–H and O–H groups in total. The Morgan fingerprint density at radius 3 is 2.50 bits per heavy atom. The van der Waals surface area contributed by atoms with Crippen LogP contribution in [-0.4, -0.2) is 29.1 Å². The van der Waals surface area contributed by atoms with Crippen molar-refractivity contribution < 1.29 is 4.79 Å². The summed E-state index contributed by atoms with van der Waals surface area (Å²) in [7, 11) is 0. The molecule has 0 spiro atoms. The molecule has 3 rings (SSSR count). The van der Waals surface area contributed by atoms with Gasteiger partial charge in [-0.2, -0.15) is 0 Å². The lowest BCUT2D eigenvalue weighted by Gasteiger charge is -2.34. The smallest absolute Gasteiger partial charge is 0.241 e. The highest BCUT2D eigenvalue weighted by Crippen LogP contribution is 2.43. The Morgan fingerprint density at radius 2 is 1.95 bits per heavy atom. The molecular formula is C17H30N2O. The van der Waals surface area contributed by atoms with Gasteiger partial charge in [-0.05, 0) is 49.9 Å². The van der Waals surface area contributed by atoms with Crippen molar-refractivity contribution in [2.75, 3.05) is 0 Å². The Balaban J connectivity index is 1.79. The van der Waals surface area contributed by atoms with Crippen LogP contribution >= 0.6 is 0 Å². The molecule has 3 heteroatoms. The highest BCUT2D eigenvalue weighted by molar-refractivity contribution is 5.84. The van der Waals surface area contributed by atoms with Crippen LogP contribution in [-0.2, 0) is 4.79 Å². The summed E-state index contributed by atoms with van der Waals surface area (Å²) >= 11 is 0. The minimum Gasteiger partial charge on any atom is -0.323 e. The Labute approximate surface area is 123 Å². The summed E-state index contributed by atoms with van der Waals surface area (Å²) in [5.41, 5.74) is 0.412. The second-order valence-corrected chi connectivity index (χ2v) is 7.92. The van der Waals surface area contributed by atoms with E-state index in [-0.39, 0.29) is 6.04 Å². The van der Waals surface area contributed by atoms with Crippen molar-refractivity contribution in [1.82, 2.24) is 10.2 Å². The second-order valence-electron chi connectivity index (χ2n) is 7.92. The van der Waals surface area contributed by atoms with Crippen molar-refractivity contribution in [3.63, 3.8) is 0 Å². The summed E-state index contributed by atoms with van der Waals surface area (Å²) in [6.07, 6.45) is 10.2. The summed E-state index contributed by atoms with van der Waals surface area (Å²) in [4.78, 5) is 15.0. The molecule has 3 aliphatic rings. The van der Waals surface area contributed by atoms with Gasteiger partial charge in [-0.25, -0.2) is 0 Å². The summed E-state index contributed by atoms with van der Waals surface area (Å²) in [6, 6.07) is 0.552. The number of hydrogen-bond donors (Lipinski definition) is 1. The van der Waals surface area contributed by atoms with Crippen LogP contribution in [0.25, 0.3) is 0 Å². The van der Waals surface area contributed by atoms with Gasteiger partial charge in [0, 0.05) is 6.04 Å². The van der Waals surface area contributed by atoms with E-state index in [1.807, 2.05) is 0 Å². The van der Waals surface area contributed by atoms with Gasteiger partial charge in [0.15, 0.2) is 0 Å². The monoisotopic (exact) mass is 278 g/mol. The molecule has 0 aromatic heterocycles. The van der Waals surface area contributed by atoms with E-state index < -0.39 is 0 Å². The Morgan fingerprint density at radius 1 is 1.25 bits per heavy atom. The molecule has 0 radical (unpaired) electrons. The SMILES string of the molecule is CCC1NC(C2CCCC2)N(C2CCC(C)(C)C2)C1=O. The lowest BCUT2D eigenvalue weighted by molar-refractivity contribution is -0.133. The van der Waals surface area contributed by atoms with E-state index in [4.69, 9.17) is 0 Å². The lowest BCUT2D eigenvalue weighted by Crippen LogP contribution is -2.47. The normalized spacial score (nSPS) is 38.0.